The molecule has 2 atom stereocenters. The topological polar surface area (TPSA) is 55.8 Å². The van der Waals surface area contributed by atoms with Crippen molar-refractivity contribution in [3.05, 3.63) is 29.3 Å². The third kappa shape index (κ3) is 6.10. The highest BCUT2D eigenvalue weighted by atomic mass is 35.5. The summed E-state index contributed by atoms with van der Waals surface area (Å²) in [5.74, 6) is -0.295. The largest absolute Gasteiger partial charge is 0.484 e. The number of benzene rings is 1. The highest BCUT2D eigenvalue weighted by Crippen LogP contribution is 2.16. The van der Waals surface area contributed by atoms with Crippen LogP contribution < -0.4 is 4.74 Å². The van der Waals surface area contributed by atoms with E-state index < -0.39 is 0 Å². The molecule has 5 nitrogen and oxygen atoms in total. The molecule has 1 amide bonds. The zero-order valence-corrected chi connectivity index (χ0v) is 14.8. The van der Waals surface area contributed by atoms with Crippen LogP contribution in [0.25, 0.3) is 0 Å². The first kappa shape index (κ1) is 19.3. The Bertz CT molecular complexity index is 518. The van der Waals surface area contributed by atoms with Crippen LogP contribution in [-0.4, -0.2) is 43.1 Å². The average molecular weight is 342 g/mol. The summed E-state index contributed by atoms with van der Waals surface area (Å²) in [5, 5.41) is 0.608. The zero-order chi connectivity index (χ0) is 17.4. The quantitative estimate of drug-likeness (QED) is 0.681. The van der Waals surface area contributed by atoms with Crippen LogP contribution in [0.4, 0.5) is 0 Å². The highest BCUT2D eigenvalue weighted by molar-refractivity contribution is 6.30. The highest BCUT2D eigenvalue weighted by Gasteiger charge is 2.25. The van der Waals surface area contributed by atoms with Crippen molar-refractivity contribution in [3.63, 3.8) is 0 Å². The van der Waals surface area contributed by atoms with Gasteiger partial charge in [-0.15, -0.1) is 0 Å². The van der Waals surface area contributed by atoms with E-state index in [2.05, 4.69) is 0 Å². The van der Waals surface area contributed by atoms with Crippen molar-refractivity contribution in [1.29, 1.82) is 0 Å². The number of carbonyl (C=O) groups is 2. The molecule has 0 aromatic heterocycles. The lowest BCUT2D eigenvalue weighted by Gasteiger charge is -2.30. The van der Waals surface area contributed by atoms with Crippen molar-refractivity contribution < 1.29 is 19.1 Å². The van der Waals surface area contributed by atoms with Gasteiger partial charge in [-0.3, -0.25) is 9.59 Å². The van der Waals surface area contributed by atoms with Gasteiger partial charge in [0.15, 0.2) is 6.61 Å². The minimum absolute atomic E-state index is 0.0171. The van der Waals surface area contributed by atoms with E-state index in [1.807, 2.05) is 13.8 Å². The van der Waals surface area contributed by atoms with E-state index in [4.69, 9.17) is 21.1 Å². The van der Waals surface area contributed by atoms with Gasteiger partial charge in [0.2, 0.25) is 0 Å². The molecule has 0 aliphatic rings. The minimum atomic E-state index is -0.381. The normalized spacial score (nSPS) is 13.1. The molecule has 0 fully saturated rings. The number of hydrogen-bond acceptors (Lipinski definition) is 4. The van der Waals surface area contributed by atoms with Gasteiger partial charge in [0, 0.05) is 17.6 Å². The molecular weight excluding hydrogens is 318 g/mol. The smallest absolute Gasteiger partial charge is 0.310 e. The maximum absolute atomic E-state index is 12.5. The Balaban J connectivity index is 2.68. The third-order valence-electron chi connectivity index (χ3n) is 3.69. The van der Waals surface area contributed by atoms with E-state index in [-0.39, 0.29) is 30.4 Å². The first-order valence-electron chi connectivity index (χ1n) is 7.64. The van der Waals surface area contributed by atoms with E-state index in [9.17, 15) is 9.59 Å². The molecule has 128 valence electrons. The van der Waals surface area contributed by atoms with Gasteiger partial charge in [0.05, 0.1) is 13.0 Å². The number of ether oxygens (including phenoxy) is 2. The first-order valence-corrected chi connectivity index (χ1v) is 8.02. The second-order valence-electron chi connectivity index (χ2n) is 5.47. The molecule has 0 heterocycles. The number of carbonyl (C=O) groups excluding carboxylic acids is 2. The van der Waals surface area contributed by atoms with Gasteiger partial charge in [0.1, 0.15) is 5.75 Å². The van der Waals surface area contributed by atoms with Crippen molar-refractivity contribution >= 4 is 23.5 Å². The lowest BCUT2D eigenvalue weighted by molar-refractivity contribution is -0.147. The van der Waals surface area contributed by atoms with E-state index >= 15 is 0 Å². The number of amides is 1. The molecular formula is C17H24ClNO4. The van der Waals surface area contributed by atoms with Crippen LogP contribution >= 0.6 is 11.6 Å². The molecule has 0 saturated heterocycles. The lowest BCUT2D eigenvalue weighted by Crippen LogP contribution is -2.44. The fourth-order valence-electron chi connectivity index (χ4n) is 2.08. The third-order valence-corrected chi connectivity index (χ3v) is 3.95. The van der Waals surface area contributed by atoms with Crippen molar-refractivity contribution in [2.45, 2.75) is 33.2 Å². The van der Waals surface area contributed by atoms with E-state index in [0.29, 0.717) is 17.3 Å². The monoisotopic (exact) mass is 341 g/mol. The van der Waals surface area contributed by atoms with Gasteiger partial charge in [0.25, 0.3) is 5.91 Å². The summed E-state index contributed by atoms with van der Waals surface area (Å²) in [6.07, 6.45) is 0.792. The number of rotatable bonds is 8. The van der Waals surface area contributed by atoms with Crippen LogP contribution in [0, 0.1) is 5.92 Å². The van der Waals surface area contributed by atoms with E-state index in [0.717, 1.165) is 6.42 Å². The summed E-state index contributed by atoms with van der Waals surface area (Å²) in [7, 11) is 1.35. The number of hydrogen-bond donors (Lipinski definition) is 0. The van der Waals surface area contributed by atoms with Gasteiger partial charge >= 0.3 is 5.97 Å². The van der Waals surface area contributed by atoms with Crippen LogP contribution in [0.5, 0.6) is 5.75 Å². The van der Waals surface area contributed by atoms with Gasteiger partial charge in [-0.05, 0) is 37.6 Å². The second kappa shape index (κ2) is 9.40. The number of esters is 1. The summed E-state index contributed by atoms with van der Waals surface area (Å²) >= 11 is 5.81. The Hall–Kier alpha value is -1.75. The van der Waals surface area contributed by atoms with Crippen LogP contribution in [0.3, 0.4) is 0 Å². The van der Waals surface area contributed by atoms with Crippen LogP contribution in [-0.2, 0) is 14.3 Å². The molecule has 0 aliphatic carbocycles. The van der Waals surface area contributed by atoms with Gasteiger partial charge in [-0.25, -0.2) is 0 Å². The maximum atomic E-state index is 12.5. The molecule has 1 aromatic rings. The Morgan fingerprint density at radius 3 is 2.35 bits per heavy atom. The molecule has 0 bridgehead atoms. The van der Waals surface area contributed by atoms with Crippen LogP contribution in [0.2, 0.25) is 5.02 Å². The predicted molar refractivity (Wildman–Crippen MR) is 89.6 cm³/mol. The van der Waals surface area contributed by atoms with E-state index in [1.165, 1.54) is 7.11 Å². The first-order chi connectivity index (χ1) is 10.9. The zero-order valence-electron chi connectivity index (χ0n) is 14.0. The maximum Gasteiger partial charge on any atom is 0.310 e. The second-order valence-corrected chi connectivity index (χ2v) is 5.91. The number of halogens is 1. The molecule has 1 aromatic carbocycles. The fourth-order valence-corrected chi connectivity index (χ4v) is 2.20. The Morgan fingerprint density at radius 2 is 1.83 bits per heavy atom. The van der Waals surface area contributed by atoms with Crippen molar-refractivity contribution in [2.75, 3.05) is 20.3 Å². The molecule has 2 unspecified atom stereocenters. The Labute approximate surface area is 142 Å². The summed E-state index contributed by atoms with van der Waals surface area (Å²) in [6.45, 7) is 5.91. The molecule has 0 N–H and O–H groups in total. The molecule has 23 heavy (non-hydrogen) atoms. The standard InChI is InChI=1S/C17H24ClNO4/c1-5-13(3)19(10-12(2)17(21)22-4)16(20)11-23-15-8-6-14(18)7-9-15/h6-9,12-13H,5,10-11H2,1-4H3. The summed E-state index contributed by atoms with van der Waals surface area (Å²) in [6, 6.07) is 6.84. The van der Waals surface area contributed by atoms with Gasteiger partial charge in [-0.1, -0.05) is 25.4 Å². The number of nitrogens with zero attached hydrogens (tertiary/aromatic N) is 1. The predicted octanol–water partition coefficient (Wildman–Crippen LogP) is 3.16. The molecule has 0 aliphatic heterocycles. The molecule has 0 radical (unpaired) electrons. The molecule has 0 saturated carbocycles. The lowest BCUT2D eigenvalue weighted by atomic mass is 10.1. The van der Waals surface area contributed by atoms with Crippen molar-refractivity contribution in [2.24, 2.45) is 5.92 Å². The Morgan fingerprint density at radius 1 is 1.22 bits per heavy atom. The molecule has 6 heteroatoms. The summed E-state index contributed by atoms with van der Waals surface area (Å²) < 4.78 is 10.2. The average Bonchev–Trinajstić information content (AvgIpc) is 2.57. The number of methoxy groups -OCH3 is 1. The van der Waals surface area contributed by atoms with Gasteiger partial charge < -0.3 is 14.4 Å². The summed E-state index contributed by atoms with van der Waals surface area (Å²) in [4.78, 5) is 25.7. The SMILES string of the molecule is CCC(C)N(CC(C)C(=O)OC)C(=O)COc1ccc(Cl)cc1. The van der Waals surface area contributed by atoms with Gasteiger partial charge in [-0.2, -0.15) is 0 Å². The van der Waals surface area contributed by atoms with E-state index in [1.54, 1.807) is 36.1 Å². The van der Waals surface area contributed by atoms with Crippen LogP contribution in [0.1, 0.15) is 27.2 Å². The van der Waals surface area contributed by atoms with Crippen LogP contribution in [0.15, 0.2) is 24.3 Å². The summed E-state index contributed by atoms with van der Waals surface area (Å²) in [5.41, 5.74) is 0. The fraction of sp³-hybridized carbons (Fsp3) is 0.529. The molecule has 1 rings (SSSR count). The Kier molecular flexibility index (Phi) is 7.89. The molecule has 0 spiro atoms. The van der Waals surface area contributed by atoms with Crippen molar-refractivity contribution in [1.82, 2.24) is 4.90 Å². The van der Waals surface area contributed by atoms with Crippen molar-refractivity contribution in [3.8, 4) is 5.75 Å². The minimum Gasteiger partial charge on any atom is -0.484 e.